The first-order chi connectivity index (χ1) is 31.3. The van der Waals surface area contributed by atoms with Crippen molar-refractivity contribution < 1.29 is 4.42 Å². The van der Waals surface area contributed by atoms with Crippen LogP contribution in [-0.4, -0.2) is 4.57 Å². The molecular weight excluding hydrogens is 765 g/mol. The molecule has 0 saturated carbocycles. The molecule has 0 aliphatic carbocycles. The molecule has 0 aliphatic heterocycles. The van der Waals surface area contributed by atoms with Crippen LogP contribution in [0.2, 0.25) is 0 Å². The fraction of sp³-hybridized carbons (Fsp3) is 0. The van der Waals surface area contributed by atoms with Crippen LogP contribution in [0.25, 0.3) is 93.9 Å². The molecule has 0 unspecified atom stereocenters. The lowest BCUT2D eigenvalue weighted by molar-refractivity contribution is 0.666. The van der Waals surface area contributed by atoms with Gasteiger partial charge in [0.25, 0.3) is 0 Å². The van der Waals surface area contributed by atoms with Crippen LogP contribution in [0.1, 0.15) is 0 Å². The van der Waals surface area contributed by atoms with E-state index in [1.54, 1.807) is 0 Å². The van der Waals surface area contributed by atoms with E-state index < -0.39 is 0 Å². The minimum Gasteiger partial charge on any atom is -0.454 e. The van der Waals surface area contributed by atoms with Crippen molar-refractivity contribution in [3.05, 3.63) is 243 Å². The van der Waals surface area contributed by atoms with Gasteiger partial charge in [0.1, 0.15) is 5.58 Å². The van der Waals surface area contributed by atoms with Gasteiger partial charge in [0.2, 0.25) is 0 Å². The predicted molar refractivity (Wildman–Crippen MR) is 264 cm³/mol. The second-order valence-corrected chi connectivity index (χ2v) is 16.1. The summed E-state index contributed by atoms with van der Waals surface area (Å²) in [6.45, 7) is 0. The van der Waals surface area contributed by atoms with Crippen molar-refractivity contribution in [2.45, 2.75) is 0 Å². The first-order valence-electron chi connectivity index (χ1n) is 21.5. The third kappa shape index (κ3) is 6.29. The summed E-state index contributed by atoms with van der Waals surface area (Å²) in [6, 6.07) is 87.0. The van der Waals surface area contributed by atoms with Crippen LogP contribution in [0.5, 0.6) is 0 Å². The number of anilines is 3. The highest BCUT2D eigenvalue weighted by Crippen LogP contribution is 2.46. The normalized spacial score (nSPS) is 11.5. The van der Waals surface area contributed by atoms with Crippen LogP contribution in [0.15, 0.2) is 247 Å². The number of aromatic nitrogens is 1. The number of hydrogen-bond donors (Lipinski definition) is 0. The summed E-state index contributed by atoms with van der Waals surface area (Å²) in [5.74, 6) is 0. The Labute approximate surface area is 366 Å². The Hall–Kier alpha value is -8.40. The van der Waals surface area contributed by atoms with Crippen LogP contribution in [-0.2, 0) is 0 Å². The van der Waals surface area contributed by atoms with Gasteiger partial charge in [-0.2, -0.15) is 0 Å². The van der Waals surface area contributed by atoms with E-state index in [4.69, 9.17) is 4.42 Å². The van der Waals surface area contributed by atoms with Gasteiger partial charge in [-0.1, -0.05) is 188 Å². The van der Waals surface area contributed by atoms with E-state index in [-0.39, 0.29) is 0 Å². The minimum atomic E-state index is 0.882. The second kappa shape index (κ2) is 15.3. The Morgan fingerprint density at radius 1 is 0.317 bits per heavy atom. The first kappa shape index (κ1) is 36.5. The molecule has 0 saturated heterocycles. The molecule has 10 aromatic carbocycles. The van der Waals surface area contributed by atoms with Crippen molar-refractivity contribution in [2.75, 3.05) is 4.90 Å². The maximum atomic E-state index is 6.64. The van der Waals surface area contributed by atoms with Gasteiger partial charge in [0.15, 0.2) is 5.58 Å². The highest BCUT2D eigenvalue weighted by Gasteiger charge is 2.23. The summed E-state index contributed by atoms with van der Waals surface area (Å²) in [7, 11) is 0. The molecule has 3 heteroatoms. The van der Waals surface area contributed by atoms with Gasteiger partial charge in [-0.05, 0) is 93.5 Å². The van der Waals surface area contributed by atoms with Crippen LogP contribution in [0.4, 0.5) is 17.1 Å². The van der Waals surface area contributed by atoms with Crippen molar-refractivity contribution in [3.63, 3.8) is 0 Å². The fourth-order valence-electron chi connectivity index (χ4n) is 9.46. The van der Waals surface area contributed by atoms with Crippen LogP contribution >= 0.6 is 0 Å². The van der Waals surface area contributed by atoms with Crippen LogP contribution in [0.3, 0.4) is 0 Å². The molecule has 0 bridgehead atoms. The van der Waals surface area contributed by atoms with Gasteiger partial charge in [-0.15, -0.1) is 0 Å². The Morgan fingerprint density at radius 3 is 1.43 bits per heavy atom. The van der Waals surface area contributed by atoms with Crippen molar-refractivity contribution in [1.82, 2.24) is 4.57 Å². The average molecular weight is 805 g/mol. The zero-order chi connectivity index (χ0) is 41.7. The zero-order valence-electron chi connectivity index (χ0n) is 34.4. The van der Waals surface area contributed by atoms with Gasteiger partial charge < -0.3 is 13.9 Å². The summed E-state index contributed by atoms with van der Waals surface area (Å²) in [5.41, 5.74) is 17.7. The number of furan rings is 1. The molecule has 0 amide bonds. The molecule has 0 spiro atoms. The van der Waals surface area contributed by atoms with Gasteiger partial charge in [0.05, 0.1) is 22.4 Å². The number of rotatable bonds is 8. The first-order valence-corrected chi connectivity index (χ1v) is 21.5. The summed E-state index contributed by atoms with van der Waals surface area (Å²) >= 11 is 0. The van der Waals surface area contributed by atoms with Crippen LogP contribution < -0.4 is 4.90 Å². The maximum absolute atomic E-state index is 6.64. The maximum Gasteiger partial charge on any atom is 0.159 e. The Kier molecular flexibility index (Phi) is 8.83. The second-order valence-electron chi connectivity index (χ2n) is 16.1. The Bertz CT molecular complexity index is 3580. The number of hydrogen-bond acceptors (Lipinski definition) is 2. The topological polar surface area (TPSA) is 21.3 Å². The largest absolute Gasteiger partial charge is 0.454 e. The number of nitrogens with zero attached hydrogens (tertiary/aromatic N) is 2. The molecule has 0 radical (unpaired) electrons. The highest BCUT2D eigenvalue weighted by atomic mass is 16.3. The summed E-state index contributed by atoms with van der Waals surface area (Å²) in [6.07, 6.45) is 0. The van der Waals surface area contributed by atoms with Gasteiger partial charge in [0, 0.05) is 38.5 Å². The standard InChI is InChI=1S/C60H40N2O/c1-3-15-41(16-4-1)43-29-31-44(32-30-43)46-35-39-48(40-36-46)61(47-37-33-45(34-38-47)42-17-5-2-6-18-42)54-24-10-7-19-49(54)51-22-13-26-56-59(51)53-21-8-11-25-55(53)62(56)57-27-14-23-52-50-20-9-12-28-58(50)63-60(52)57/h1-40H. The van der Waals surface area contributed by atoms with E-state index in [0.717, 1.165) is 66.8 Å². The van der Waals surface area contributed by atoms with E-state index >= 15 is 0 Å². The molecule has 296 valence electrons. The fourth-order valence-corrected chi connectivity index (χ4v) is 9.46. The number of para-hydroxylation sites is 4. The zero-order valence-corrected chi connectivity index (χ0v) is 34.4. The van der Waals surface area contributed by atoms with Crippen molar-refractivity contribution >= 4 is 60.8 Å². The van der Waals surface area contributed by atoms with E-state index in [2.05, 4.69) is 246 Å². The van der Waals surface area contributed by atoms with Crippen molar-refractivity contribution in [3.8, 4) is 50.2 Å². The van der Waals surface area contributed by atoms with E-state index in [1.165, 1.54) is 44.2 Å². The Balaban J connectivity index is 1.02. The molecule has 0 N–H and O–H groups in total. The molecule has 0 fully saturated rings. The molecule has 2 heterocycles. The summed E-state index contributed by atoms with van der Waals surface area (Å²) in [4.78, 5) is 2.40. The third-order valence-electron chi connectivity index (χ3n) is 12.4. The molecule has 12 aromatic rings. The molecule has 0 aliphatic rings. The summed E-state index contributed by atoms with van der Waals surface area (Å²) < 4.78 is 9.02. The molecule has 63 heavy (non-hydrogen) atoms. The van der Waals surface area contributed by atoms with Gasteiger partial charge in [-0.25, -0.2) is 0 Å². The lowest BCUT2D eigenvalue weighted by Gasteiger charge is -2.28. The molecule has 3 nitrogen and oxygen atoms in total. The molecular formula is C60H40N2O. The van der Waals surface area contributed by atoms with E-state index in [0.29, 0.717) is 0 Å². The SMILES string of the molecule is c1ccc(-c2ccc(-c3ccc(N(c4ccc(-c5ccccc5)cc4)c4ccccc4-c4cccc5c4c4ccccc4n5-c4cccc5c4oc4ccccc45)cc3)cc2)cc1. The molecule has 12 rings (SSSR count). The third-order valence-corrected chi connectivity index (χ3v) is 12.4. The van der Waals surface area contributed by atoms with Crippen molar-refractivity contribution in [1.29, 1.82) is 0 Å². The van der Waals surface area contributed by atoms with Crippen LogP contribution in [0, 0.1) is 0 Å². The smallest absolute Gasteiger partial charge is 0.159 e. The summed E-state index contributed by atoms with van der Waals surface area (Å²) in [5, 5.41) is 4.62. The quantitative estimate of drug-likeness (QED) is 0.153. The predicted octanol–water partition coefficient (Wildman–Crippen LogP) is 16.8. The van der Waals surface area contributed by atoms with Crippen molar-refractivity contribution in [2.24, 2.45) is 0 Å². The molecule has 2 aromatic heterocycles. The van der Waals surface area contributed by atoms with E-state index in [9.17, 15) is 0 Å². The minimum absolute atomic E-state index is 0.882. The van der Waals surface area contributed by atoms with Gasteiger partial charge >= 0.3 is 0 Å². The van der Waals surface area contributed by atoms with E-state index in [1.807, 2.05) is 6.07 Å². The Morgan fingerprint density at radius 2 is 0.778 bits per heavy atom. The average Bonchev–Trinajstić information content (AvgIpc) is 3.92. The molecule has 0 atom stereocenters. The monoisotopic (exact) mass is 804 g/mol. The number of fused-ring (bicyclic) bond motifs is 6. The van der Waals surface area contributed by atoms with Gasteiger partial charge in [-0.3, -0.25) is 0 Å². The number of benzene rings is 10. The highest BCUT2D eigenvalue weighted by molar-refractivity contribution is 6.18. The lowest BCUT2D eigenvalue weighted by atomic mass is 9.96. The lowest BCUT2D eigenvalue weighted by Crippen LogP contribution is -2.11.